The van der Waals surface area contributed by atoms with E-state index in [1.165, 1.54) is 0 Å². The Morgan fingerprint density at radius 2 is 1.66 bits per heavy atom. The number of carbonyl (C=O) groups is 3. The lowest BCUT2D eigenvalue weighted by molar-refractivity contribution is -0.152. The van der Waals surface area contributed by atoms with Crippen LogP contribution in [0.3, 0.4) is 0 Å². The van der Waals surface area contributed by atoms with Gasteiger partial charge in [-0.05, 0) is 43.5 Å². The second-order valence-corrected chi connectivity index (χ2v) is 8.01. The predicted octanol–water partition coefficient (Wildman–Crippen LogP) is 3.88. The standard InChI is InChI=1S/C26H27NO5/c1-3-31-18-12-10-17(11-13-18)20-15-22(28)27-21-14-19(16-8-6-5-7-9-16)24(25(29)23(20)21)26(30)32-4-2/h5-13,19-20,24H,3-4,14-15H2,1-2H3,(H,27,28)/t19-,20+,24-/m0/s1. The normalized spacial score (nSPS) is 22.8. The topological polar surface area (TPSA) is 81.7 Å². The van der Waals surface area contributed by atoms with E-state index in [4.69, 9.17) is 9.47 Å². The van der Waals surface area contributed by atoms with Crippen molar-refractivity contribution in [2.45, 2.75) is 38.5 Å². The molecule has 0 bridgehead atoms. The molecule has 0 unspecified atom stereocenters. The van der Waals surface area contributed by atoms with Crippen LogP contribution in [-0.2, 0) is 19.1 Å². The Morgan fingerprint density at radius 3 is 2.31 bits per heavy atom. The van der Waals surface area contributed by atoms with E-state index in [0.29, 0.717) is 24.3 Å². The van der Waals surface area contributed by atoms with Crippen molar-refractivity contribution in [3.05, 3.63) is 77.0 Å². The van der Waals surface area contributed by atoms with Gasteiger partial charge in [-0.1, -0.05) is 42.5 Å². The minimum Gasteiger partial charge on any atom is -0.494 e. The molecule has 4 rings (SSSR count). The highest BCUT2D eigenvalue weighted by Gasteiger charge is 2.47. The quantitative estimate of drug-likeness (QED) is 0.552. The summed E-state index contributed by atoms with van der Waals surface area (Å²) in [6.45, 7) is 4.41. The molecular weight excluding hydrogens is 406 g/mol. The molecule has 1 aliphatic heterocycles. The van der Waals surface area contributed by atoms with E-state index in [2.05, 4.69) is 5.32 Å². The molecule has 3 atom stereocenters. The number of hydrogen-bond donors (Lipinski definition) is 1. The zero-order chi connectivity index (χ0) is 22.7. The van der Waals surface area contributed by atoms with Crippen molar-refractivity contribution in [2.75, 3.05) is 13.2 Å². The smallest absolute Gasteiger partial charge is 0.317 e. The van der Waals surface area contributed by atoms with Crippen molar-refractivity contribution in [2.24, 2.45) is 5.92 Å². The van der Waals surface area contributed by atoms with Crippen LogP contribution in [0, 0.1) is 5.92 Å². The molecule has 0 spiro atoms. The van der Waals surface area contributed by atoms with Crippen molar-refractivity contribution in [3.8, 4) is 5.75 Å². The van der Waals surface area contributed by atoms with Gasteiger partial charge in [0.25, 0.3) is 0 Å². The van der Waals surface area contributed by atoms with Crippen molar-refractivity contribution in [1.82, 2.24) is 5.32 Å². The molecule has 0 radical (unpaired) electrons. The molecule has 2 aromatic carbocycles. The molecule has 6 heteroatoms. The molecule has 1 amide bonds. The average molecular weight is 434 g/mol. The summed E-state index contributed by atoms with van der Waals surface area (Å²) in [6, 6.07) is 16.9. The largest absolute Gasteiger partial charge is 0.494 e. The Morgan fingerprint density at radius 1 is 0.938 bits per heavy atom. The monoisotopic (exact) mass is 433 g/mol. The maximum atomic E-state index is 13.8. The van der Waals surface area contributed by atoms with E-state index in [9.17, 15) is 14.4 Å². The van der Waals surface area contributed by atoms with Crippen LogP contribution in [0.5, 0.6) is 5.75 Å². The lowest BCUT2D eigenvalue weighted by atomic mass is 9.68. The van der Waals surface area contributed by atoms with E-state index in [0.717, 1.165) is 16.9 Å². The van der Waals surface area contributed by atoms with Crippen LogP contribution in [0.2, 0.25) is 0 Å². The van der Waals surface area contributed by atoms with Gasteiger partial charge >= 0.3 is 5.97 Å². The van der Waals surface area contributed by atoms with Gasteiger partial charge in [0.15, 0.2) is 5.78 Å². The van der Waals surface area contributed by atoms with Gasteiger partial charge in [-0.25, -0.2) is 0 Å². The fourth-order valence-corrected chi connectivity index (χ4v) is 4.72. The Kier molecular flexibility index (Phi) is 6.40. The Bertz CT molecular complexity index is 1040. The van der Waals surface area contributed by atoms with Crippen molar-refractivity contribution in [1.29, 1.82) is 0 Å². The maximum absolute atomic E-state index is 13.8. The van der Waals surface area contributed by atoms with Gasteiger partial charge in [0.2, 0.25) is 5.91 Å². The third-order valence-electron chi connectivity index (χ3n) is 6.09. The SMILES string of the molecule is CCOC(=O)[C@@H]1C(=O)C2=C(C[C@H]1c1ccccc1)NC(=O)C[C@@H]2c1ccc(OCC)cc1. The highest BCUT2D eigenvalue weighted by atomic mass is 16.5. The fourth-order valence-electron chi connectivity index (χ4n) is 4.72. The van der Waals surface area contributed by atoms with Gasteiger partial charge < -0.3 is 14.8 Å². The number of benzene rings is 2. The zero-order valence-corrected chi connectivity index (χ0v) is 18.3. The van der Waals surface area contributed by atoms with Crippen LogP contribution < -0.4 is 10.1 Å². The molecule has 1 aliphatic carbocycles. The first-order valence-corrected chi connectivity index (χ1v) is 11.0. The number of rotatable bonds is 6. The highest BCUT2D eigenvalue weighted by Crippen LogP contribution is 2.45. The number of nitrogens with one attached hydrogen (secondary N) is 1. The summed E-state index contributed by atoms with van der Waals surface area (Å²) in [6.07, 6.45) is 0.554. The Labute approximate surface area is 187 Å². The lowest BCUT2D eigenvalue weighted by Gasteiger charge is -2.38. The zero-order valence-electron chi connectivity index (χ0n) is 18.3. The molecule has 32 heavy (non-hydrogen) atoms. The molecule has 2 aliphatic rings. The number of Topliss-reactive ketones (excluding diaryl/α,β-unsaturated/α-hetero) is 1. The lowest BCUT2D eigenvalue weighted by Crippen LogP contribution is -2.44. The number of ketones is 1. The van der Waals surface area contributed by atoms with Gasteiger partial charge in [-0.2, -0.15) is 0 Å². The first-order valence-electron chi connectivity index (χ1n) is 11.0. The summed E-state index contributed by atoms with van der Waals surface area (Å²) < 4.78 is 10.8. The summed E-state index contributed by atoms with van der Waals surface area (Å²) in [7, 11) is 0. The summed E-state index contributed by atoms with van der Waals surface area (Å²) in [5, 5.41) is 2.91. The Hall–Kier alpha value is -3.41. The second-order valence-electron chi connectivity index (χ2n) is 8.01. The van der Waals surface area contributed by atoms with Crippen LogP contribution in [0.4, 0.5) is 0 Å². The number of esters is 1. The molecule has 0 saturated heterocycles. The summed E-state index contributed by atoms with van der Waals surface area (Å²) in [5.74, 6) is -1.91. The summed E-state index contributed by atoms with van der Waals surface area (Å²) in [4.78, 5) is 39.3. The maximum Gasteiger partial charge on any atom is 0.317 e. The first-order chi connectivity index (χ1) is 15.5. The number of hydrogen-bond acceptors (Lipinski definition) is 5. The molecule has 0 aromatic heterocycles. The molecule has 6 nitrogen and oxygen atoms in total. The van der Waals surface area contributed by atoms with E-state index >= 15 is 0 Å². The molecule has 1 heterocycles. The fraction of sp³-hybridized carbons (Fsp3) is 0.346. The van der Waals surface area contributed by atoms with Crippen molar-refractivity contribution < 1.29 is 23.9 Å². The van der Waals surface area contributed by atoms with E-state index < -0.39 is 17.8 Å². The number of ether oxygens (including phenoxy) is 2. The molecule has 1 N–H and O–H groups in total. The van der Waals surface area contributed by atoms with E-state index in [1.807, 2.05) is 61.5 Å². The third-order valence-corrected chi connectivity index (χ3v) is 6.09. The highest BCUT2D eigenvalue weighted by molar-refractivity contribution is 6.12. The minimum absolute atomic E-state index is 0.128. The van der Waals surface area contributed by atoms with Crippen LogP contribution in [-0.4, -0.2) is 30.9 Å². The number of amides is 1. The molecule has 2 aromatic rings. The Balaban J connectivity index is 1.77. The minimum atomic E-state index is -0.934. The molecule has 0 fully saturated rings. The van der Waals surface area contributed by atoms with Crippen LogP contribution >= 0.6 is 0 Å². The van der Waals surface area contributed by atoms with Gasteiger partial charge in [0.05, 0.1) is 13.2 Å². The van der Waals surface area contributed by atoms with Crippen LogP contribution in [0.15, 0.2) is 65.9 Å². The average Bonchev–Trinajstić information content (AvgIpc) is 2.79. The molecule has 166 valence electrons. The predicted molar refractivity (Wildman–Crippen MR) is 119 cm³/mol. The first kappa shape index (κ1) is 21.8. The van der Waals surface area contributed by atoms with Gasteiger partial charge in [-0.3, -0.25) is 14.4 Å². The second kappa shape index (κ2) is 9.39. The van der Waals surface area contributed by atoms with Crippen LogP contribution in [0.25, 0.3) is 0 Å². The van der Waals surface area contributed by atoms with Crippen LogP contribution in [0.1, 0.15) is 49.7 Å². The summed E-state index contributed by atoms with van der Waals surface area (Å²) >= 11 is 0. The van der Waals surface area contributed by atoms with Crippen molar-refractivity contribution in [3.63, 3.8) is 0 Å². The van der Waals surface area contributed by atoms with Gasteiger partial charge in [0, 0.05) is 29.5 Å². The van der Waals surface area contributed by atoms with Crippen molar-refractivity contribution >= 4 is 17.7 Å². The van der Waals surface area contributed by atoms with Gasteiger partial charge in [-0.15, -0.1) is 0 Å². The molecular formula is C26H27NO5. The van der Waals surface area contributed by atoms with Gasteiger partial charge in [0.1, 0.15) is 11.7 Å². The third kappa shape index (κ3) is 4.17. The number of carbonyl (C=O) groups excluding carboxylic acids is 3. The molecule has 0 saturated carbocycles. The summed E-state index contributed by atoms with van der Waals surface area (Å²) in [5.41, 5.74) is 2.85. The van der Waals surface area contributed by atoms with E-state index in [-0.39, 0.29) is 30.6 Å². The van der Waals surface area contributed by atoms with E-state index in [1.54, 1.807) is 6.92 Å². The number of allylic oxidation sites excluding steroid dienone is 2.